The predicted octanol–water partition coefficient (Wildman–Crippen LogP) is 3.29. The van der Waals surface area contributed by atoms with Crippen LogP contribution in [0.5, 0.6) is 0 Å². The van der Waals surface area contributed by atoms with E-state index >= 15 is 0 Å². The van der Waals surface area contributed by atoms with Crippen LogP contribution >= 0.6 is 0 Å². The lowest BCUT2D eigenvalue weighted by molar-refractivity contribution is 0.713. The summed E-state index contributed by atoms with van der Waals surface area (Å²) in [6, 6.07) is 3.96. The Bertz CT molecular complexity index is 374. The SMILES string of the molecule is CC.CC(C)c1ccn(C)n1.Cc1ccn[nH]1. The zero-order chi connectivity index (χ0) is 13.3. The van der Waals surface area contributed by atoms with E-state index in [9.17, 15) is 0 Å². The molecule has 0 unspecified atom stereocenters. The average Bonchev–Trinajstić information content (AvgIpc) is 2.93. The van der Waals surface area contributed by atoms with Crippen LogP contribution in [0.2, 0.25) is 0 Å². The van der Waals surface area contributed by atoms with Crippen molar-refractivity contribution < 1.29 is 0 Å². The fourth-order valence-corrected chi connectivity index (χ4v) is 1.07. The summed E-state index contributed by atoms with van der Waals surface area (Å²) in [6.45, 7) is 10.2. The van der Waals surface area contributed by atoms with Crippen molar-refractivity contribution in [2.45, 2.75) is 40.5 Å². The normalized spacial score (nSPS) is 9.12. The molecule has 0 radical (unpaired) electrons. The van der Waals surface area contributed by atoms with Crippen LogP contribution in [0.25, 0.3) is 0 Å². The van der Waals surface area contributed by atoms with Crippen molar-refractivity contribution in [3.05, 3.63) is 35.9 Å². The van der Waals surface area contributed by atoms with Gasteiger partial charge in [-0.2, -0.15) is 10.2 Å². The maximum absolute atomic E-state index is 4.23. The molecule has 0 spiro atoms. The number of rotatable bonds is 1. The van der Waals surface area contributed by atoms with Gasteiger partial charge >= 0.3 is 0 Å². The summed E-state index contributed by atoms with van der Waals surface area (Å²) < 4.78 is 1.83. The van der Waals surface area contributed by atoms with Crippen molar-refractivity contribution in [2.24, 2.45) is 7.05 Å². The summed E-state index contributed by atoms with van der Waals surface area (Å²) in [6.07, 6.45) is 3.70. The number of H-pyrrole nitrogens is 1. The Morgan fingerprint density at radius 1 is 1.24 bits per heavy atom. The minimum Gasteiger partial charge on any atom is -0.283 e. The molecule has 0 atom stereocenters. The molecule has 96 valence electrons. The molecule has 0 aliphatic carbocycles. The van der Waals surface area contributed by atoms with E-state index in [0.717, 1.165) is 11.4 Å². The van der Waals surface area contributed by atoms with Crippen LogP contribution in [-0.4, -0.2) is 20.0 Å². The van der Waals surface area contributed by atoms with E-state index in [1.807, 2.05) is 50.8 Å². The lowest BCUT2D eigenvalue weighted by Gasteiger charge is -1.95. The van der Waals surface area contributed by atoms with Gasteiger partial charge in [-0.05, 0) is 25.0 Å². The molecule has 2 rings (SSSR count). The van der Waals surface area contributed by atoms with Crippen LogP contribution in [-0.2, 0) is 7.05 Å². The highest BCUT2D eigenvalue weighted by atomic mass is 15.2. The van der Waals surface area contributed by atoms with Gasteiger partial charge in [-0.1, -0.05) is 27.7 Å². The second-order valence-electron chi connectivity index (χ2n) is 3.81. The summed E-state index contributed by atoms with van der Waals surface area (Å²) >= 11 is 0. The van der Waals surface area contributed by atoms with Crippen LogP contribution in [0.15, 0.2) is 24.5 Å². The van der Waals surface area contributed by atoms with Crippen molar-refractivity contribution in [1.82, 2.24) is 20.0 Å². The minimum atomic E-state index is 0.547. The van der Waals surface area contributed by atoms with Gasteiger partial charge in [-0.3, -0.25) is 9.78 Å². The lowest BCUT2D eigenvalue weighted by atomic mass is 10.1. The van der Waals surface area contributed by atoms with Gasteiger partial charge in [0.2, 0.25) is 0 Å². The number of aryl methyl sites for hydroxylation is 2. The van der Waals surface area contributed by atoms with Crippen LogP contribution < -0.4 is 0 Å². The first-order valence-corrected chi connectivity index (χ1v) is 6.05. The maximum atomic E-state index is 4.23. The molecule has 0 aliphatic rings. The molecule has 0 fully saturated rings. The van der Waals surface area contributed by atoms with E-state index in [4.69, 9.17) is 0 Å². The second kappa shape index (κ2) is 8.56. The molecule has 2 aromatic rings. The molecule has 17 heavy (non-hydrogen) atoms. The summed E-state index contributed by atoms with van der Waals surface area (Å²) in [5.41, 5.74) is 2.27. The molecule has 0 amide bonds. The van der Waals surface area contributed by atoms with Crippen LogP contribution in [0.3, 0.4) is 0 Å². The molecule has 0 saturated carbocycles. The first-order valence-electron chi connectivity index (χ1n) is 6.05. The van der Waals surface area contributed by atoms with Gasteiger partial charge in [-0.25, -0.2) is 0 Å². The van der Waals surface area contributed by atoms with Crippen molar-refractivity contribution >= 4 is 0 Å². The van der Waals surface area contributed by atoms with Gasteiger partial charge in [0.1, 0.15) is 0 Å². The number of aromatic amines is 1. The molecular weight excluding hydrogens is 212 g/mol. The number of nitrogens with one attached hydrogen (secondary N) is 1. The Hall–Kier alpha value is -1.58. The summed E-state index contributed by atoms with van der Waals surface area (Å²) in [4.78, 5) is 0. The van der Waals surface area contributed by atoms with E-state index in [-0.39, 0.29) is 0 Å². The van der Waals surface area contributed by atoms with Crippen LogP contribution in [0, 0.1) is 6.92 Å². The van der Waals surface area contributed by atoms with Gasteiger partial charge in [0.15, 0.2) is 0 Å². The second-order valence-corrected chi connectivity index (χ2v) is 3.81. The average molecular weight is 236 g/mol. The molecule has 0 aromatic carbocycles. The Kier molecular flexibility index (Phi) is 7.76. The van der Waals surface area contributed by atoms with Gasteiger partial charge < -0.3 is 0 Å². The zero-order valence-corrected chi connectivity index (χ0v) is 11.7. The van der Waals surface area contributed by atoms with E-state index in [1.54, 1.807) is 6.20 Å². The minimum absolute atomic E-state index is 0.547. The number of hydrogen-bond acceptors (Lipinski definition) is 2. The van der Waals surface area contributed by atoms with Crippen LogP contribution in [0.1, 0.15) is 45.0 Å². The number of aromatic nitrogens is 4. The van der Waals surface area contributed by atoms with Crippen LogP contribution in [0.4, 0.5) is 0 Å². The van der Waals surface area contributed by atoms with Crippen molar-refractivity contribution in [2.75, 3.05) is 0 Å². The van der Waals surface area contributed by atoms with Gasteiger partial charge in [0.05, 0.1) is 5.69 Å². The van der Waals surface area contributed by atoms with Gasteiger partial charge in [-0.15, -0.1) is 0 Å². The highest BCUT2D eigenvalue weighted by molar-refractivity contribution is 5.03. The summed E-state index contributed by atoms with van der Waals surface area (Å²) in [5, 5.41) is 10.7. The summed E-state index contributed by atoms with van der Waals surface area (Å²) in [7, 11) is 1.94. The molecule has 4 heteroatoms. The smallest absolute Gasteiger partial charge is 0.0649 e. The van der Waals surface area contributed by atoms with Crippen molar-refractivity contribution in [1.29, 1.82) is 0 Å². The Labute approximate surface area is 104 Å². The number of nitrogens with zero attached hydrogens (tertiary/aromatic N) is 3. The monoisotopic (exact) mass is 236 g/mol. The quantitative estimate of drug-likeness (QED) is 0.826. The number of hydrogen-bond donors (Lipinski definition) is 1. The fraction of sp³-hybridized carbons (Fsp3) is 0.538. The molecule has 0 saturated heterocycles. The topological polar surface area (TPSA) is 46.5 Å². The fourth-order valence-electron chi connectivity index (χ4n) is 1.07. The molecule has 0 bridgehead atoms. The predicted molar refractivity (Wildman–Crippen MR) is 72.0 cm³/mol. The highest BCUT2D eigenvalue weighted by Gasteiger charge is 1.99. The third-order valence-electron chi connectivity index (χ3n) is 1.97. The standard InChI is InChI=1S/C7H12N2.C4H6N2.C2H6/c1-6(2)7-4-5-9(3)8-7;1-4-2-3-5-6-4;1-2/h4-6H,1-3H3;2-3H,1H3,(H,5,6);1-2H3. The van der Waals surface area contributed by atoms with E-state index in [1.165, 1.54) is 0 Å². The van der Waals surface area contributed by atoms with Gasteiger partial charge in [0, 0.05) is 25.1 Å². The first-order chi connectivity index (χ1) is 8.09. The van der Waals surface area contributed by atoms with E-state index in [2.05, 4.69) is 29.1 Å². The summed E-state index contributed by atoms with van der Waals surface area (Å²) in [5.74, 6) is 0.547. The zero-order valence-electron chi connectivity index (χ0n) is 11.7. The van der Waals surface area contributed by atoms with Crippen molar-refractivity contribution in [3.63, 3.8) is 0 Å². The Morgan fingerprint density at radius 2 is 1.88 bits per heavy atom. The molecule has 2 heterocycles. The first kappa shape index (κ1) is 15.4. The third kappa shape index (κ3) is 6.56. The molecule has 4 nitrogen and oxygen atoms in total. The largest absolute Gasteiger partial charge is 0.283 e. The van der Waals surface area contributed by atoms with E-state index < -0.39 is 0 Å². The molecular formula is C13H24N4. The van der Waals surface area contributed by atoms with Crippen molar-refractivity contribution in [3.8, 4) is 0 Å². The lowest BCUT2D eigenvalue weighted by Crippen LogP contribution is -1.92. The Balaban J connectivity index is 0.000000278. The van der Waals surface area contributed by atoms with Gasteiger partial charge in [0.25, 0.3) is 0 Å². The molecule has 0 aliphatic heterocycles. The maximum Gasteiger partial charge on any atom is 0.0649 e. The van der Waals surface area contributed by atoms with E-state index in [0.29, 0.717) is 5.92 Å². The third-order valence-corrected chi connectivity index (χ3v) is 1.97. The Morgan fingerprint density at radius 3 is 2.06 bits per heavy atom. The highest BCUT2D eigenvalue weighted by Crippen LogP contribution is 2.08. The molecule has 1 N–H and O–H groups in total. The molecule has 2 aromatic heterocycles.